The molecular formula is C54H50Au2Cl2P4. The quantitative estimate of drug-likeness (QED) is 0.0578. The molecule has 2 radical (unpaired) electrons. The number of rotatable bonds is 14. The third-order valence-corrected chi connectivity index (χ3v) is 23.9. The Morgan fingerprint density at radius 1 is 0.339 bits per heavy atom. The molecule has 0 nitrogen and oxygen atoms in total. The Kier molecular flexibility index (Phi) is 21.1. The largest absolute Gasteiger partial charge is 0.151 e. The van der Waals surface area contributed by atoms with Crippen LogP contribution in [0, 0.1) is 0 Å². The third kappa shape index (κ3) is 13.3. The first-order valence-electron chi connectivity index (χ1n) is 20.4. The minimum Gasteiger partial charge on any atom is -0.0951 e. The van der Waals surface area contributed by atoms with Gasteiger partial charge < -0.3 is 0 Å². The zero-order chi connectivity index (χ0) is 41.6. The molecule has 2 atom stereocenters. The van der Waals surface area contributed by atoms with Gasteiger partial charge in [-0.2, -0.15) is 0 Å². The third-order valence-electron chi connectivity index (χ3n) is 10.4. The van der Waals surface area contributed by atoms with Gasteiger partial charge in [-0.15, -0.1) is 0 Å². The van der Waals surface area contributed by atoms with Crippen LogP contribution < -0.4 is 42.4 Å². The summed E-state index contributed by atoms with van der Waals surface area (Å²) in [7, 11) is -2.56. The first-order chi connectivity index (χ1) is 29.4. The van der Waals surface area contributed by atoms with E-state index in [2.05, 4.69) is 244 Å². The molecule has 0 saturated heterocycles. The second-order valence-electron chi connectivity index (χ2n) is 14.5. The summed E-state index contributed by atoms with van der Waals surface area (Å²) in [6, 6.07) is 86.6. The minimum absolute atomic E-state index is 0. The molecule has 62 heavy (non-hydrogen) atoms. The summed E-state index contributed by atoms with van der Waals surface area (Å²) in [6.07, 6.45) is 1.19. The Morgan fingerprint density at radius 3 is 0.839 bits per heavy atom. The molecule has 0 aliphatic carbocycles. The van der Waals surface area contributed by atoms with E-state index in [0.29, 0.717) is 5.66 Å². The van der Waals surface area contributed by atoms with Gasteiger partial charge in [0, 0.05) is 50.4 Å². The molecule has 2 unspecified atom stereocenters. The number of benzene rings is 8. The van der Waals surface area contributed by atoms with Crippen molar-refractivity contribution in [2.75, 3.05) is 6.16 Å². The van der Waals surface area contributed by atoms with Crippen molar-refractivity contribution in [2.45, 2.75) is 29.2 Å². The van der Waals surface area contributed by atoms with Gasteiger partial charge in [-0.1, -0.05) is 280 Å². The summed E-state index contributed by atoms with van der Waals surface area (Å²) in [5.41, 5.74) is 0.614. The molecule has 0 aliphatic heterocycles. The van der Waals surface area contributed by atoms with Gasteiger partial charge >= 0.3 is 0 Å². The molecule has 0 spiro atoms. The zero-order valence-corrected chi connectivity index (χ0v) is 44.0. The summed E-state index contributed by atoms with van der Waals surface area (Å²) >= 11 is 14.9. The van der Waals surface area contributed by atoms with Gasteiger partial charge in [0.1, 0.15) is 0 Å². The Morgan fingerprint density at radius 2 is 0.565 bits per heavy atom. The van der Waals surface area contributed by atoms with Crippen molar-refractivity contribution < 1.29 is 44.8 Å². The van der Waals surface area contributed by atoms with E-state index < -0.39 is 27.8 Å². The molecular weight excluding hydrogens is 1240 g/mol. The molecule has 0 bridgehead atoms. The Hall–Kier alpha value is -2.46. The number of hydrogen-bond acceptors (Lipinski definition) is 0. The fourth-order valence-corrected chi connectivity index (χ4v) is 20.5. The number of hydrogen-bond donors (Lipinski definition) is 0. The summed E-state index contributed by atoms with van der Waals surface area (Å²) in [4.78, 5) is 0. The van der Waals surface area contributed by atoms with E-state index in [1.807, 2.05) is 12.1 Å². The van der Waals surface area contributed by atoms with Gasteiger partial charge in [-0.25, -0.2) is 0 Å². The normalized spacial score (nSPS) is 12.1. The molecule has 8 aromatic rings. The van der Waals surface area contributed by atoms with Gasteiger partial charge in [-0.05, 0) is 85.9 Å². The van der Waals surface area contributed by atoms with E-state index in [1.165, 1.54) is 48.6 Å². The summed E-state index contributed by atoms with van der Waals surface area (Å²) < 4.78 is -0.949. The number of halogens is 2. The molecule has 0 aromatic heterocycles. The van der Waals surface area contributed by atoms with Crippen LogP contribution in [0.4, 0.5) is 0 Å². The van der Waals surface area contributed by atoms with E-state index in [1.54, 1.807) is 0 Å². The van der Waals surface area contributed by atoms with Crippen molar-refractivity contribution in [3.8, 4) is 0 Å². The summed E-state index contributed by atoms with van der Waals surface area (Å²) in [6.45, 7) is 4.67. The summed E-state index contributed by atoms with van der Waals surface area (Å²) in [5.74, 6) is 0. The van der Waals surface area contributed by atoms with Crippen LogP contribution in [-0.4, -0.2) is 21.6 Å². The van der Waals surface area contributed by atoms with Gasteiger partial charge in [0.15, 0.2) is 4.07 Å². The van der Waals surface area contributed by atoms with Crippen molar-refractivity contribution in [1.29, 1.82) is 0 Å². The van der Waals surface area contributed by atoms with E-state index in [0.717, 1.165) is 0 Å². The second-order valence-corrected chi connectivity index (χ2v) is 26.3. The van der Waals surface area contributed by atoms with Crippen molar-refractivity contribution in [3.63, 3.8) is 0 Å². The van der Waals surface area contributed by atoms with Crippen LogP contribution in [0.5, 0.6) is 0 Å². The van der Waals surface area contributed by atoms with Crippen molar-refractivity contribution in [3.05, 3.63) is 243 Å². The van der Waals surface area contributed by atoms with Gasteiger partial charge in [0.2, 0.25) is 0 Å². The SMILES string of the molecule is CC(CP(c1ccccc1)c1ccccc1)P(c1ccccc1)c1ccccc1.CC(P(c1ccccc1)c1ccccc1)C(Cl)(Cl)P(c1ccccc1)c1ccccc1.[Au].[Au]. The van der Waals surface area contributed by atoms with E-state index in [4.69, 9.17) is 23.2 Å². The maximum atomic E-state index is 7.43. The number of alkyl halides is 2. The predicted molar refractivity (Wildman–Crippen MR) is 275 cm³/mol. The maximum absolute atomic E-state index is 7.43. The molecule has 322 valence electrons. The van der Waals surface area contributed by atoms with E-state index in [-0.39, 0.29) is 58.3 Å². The van der Waals surface area contributed by atoms with E-state index >= 15 is 0 Å². The minimum atomic E-state index is -1.000. The van der Waals surface area contributed by atoms with Gasteiger partial charge in [-0.3, -0.25) is 0 Å². The topological polar surface area (TPSA) is 0 Å². The van der Waals surface area contributed by atoms with Gasteiger partial charge in [0.05, 0.1) is 0 Å². The van der Waals surface area contributed by atoms with Crippen molar-refractivity contribution in [2.24, 2.45) is 0 Å². The Labute approximate surface area is 416 Å². The Balaban J connectivity index is 0.000000227. The fourth-order valence-electron chi connectivity index (χ4n) is 7.52. The van der Waals surface area contributed by atoms with Crippen molar-refractivity contribution >= 4 is 97.3 Å². The van der Waals surface area contributed by atoms with Crippen LogP contribution in [0.2, 0.25) is 0 Å². The monoisotopic (exact) mass is 1290 g/mol. The van der Waals surface area contributed by atoms with Crippen LogP contribution in [0.3, 0.4) is 0 Å². The van der Waals surface area contributed by atoms with Crippen molar-refractivity contribution in [1.82, 2.24) is 0 Å². The standard InChI is InChI=1S/C27H24Cl2P2.C27H26P2.2Au/c1-22(30(23-14-6-2-7-15-23)24-16-8-3-9-17-24)27(28,29)31(25-18-10-4-11-19-25)26-20-12-5-13-21-26;1-23(29(26-18-10-4-11-19-26)27-20-12-5-13-21-27)22-28(24-14-6-2-7-15-24)25-16-8-3-9-17-25;;/h2-22H,1H3;2-21,23H,22H2,1H3;;. The molecule has 0 amide bonds. The van der Waals surface area contributed by atoms with Crippen LogP contribution in [0.25, 0.3) is 0 Å². The average molecular weight is 1290 g/mol. The fraction of sp³-hybridized carbons (Fsp3) is 0.111. The van der Waals surface area contributed by atoms with Gasteiger partial charge in [0.25, 0.3) is 0 Å². The first kappa shape index (κ1) is 50.5. The molecule has 0 heterocycles. The van der Waals surface area contributed by atoms with Crippen LogP contribution in [0.15, 0.2) is 243 Å². The molecule has 8 rings (SSSR count). The zero-order valence-electron chi connectivity index (χ0n) is 34.6. The predicted octanol–water partition coefficient (Wildman–Crippen LogP) is 12.4. The maximum Gasteiger partial charge on any atom is 0.151 e. The molecule has 0 aliphatic rings. The van der Waals surface area contributed by atoms with Crippen LogP contribution in [-0.2, 0) is 44.8 Å². The average Bonchev–Trinajstić information content (AvgIpc) is 3.31. The molecule has 0 N–H and O–H groups in total. The molecule has 8 aromatic carbocycles. The van der Waals surface area contributed by atoms with Crippen LogP contribution in [0.1, 0.15) is 13.8 Å². The molecule has 8 heteroatoms. The first-order valence-corrected chi connectivity index (χ1v) is 26.8. The molecule has 0 saturated carbocycles. The van der Waals surface area contributed by atoms with Crippen LogP contribution >= 0.6 is 54.9 Å². The smallest absolute Gasteiger partial charge is 0.0951 e. The summed E-state index contributed by atoms with van der Waals surface area (Å²) in [5, 5.41) is 10.8. The second kappa shape index (κ2) is 25.9. The molecule has 0 fully saturated rings. The Bertz CT molecular complexity index is 2260. The van der Waals surface area contributed by atoms with E-state index in [9.17, 15) is 0 Å².